The highest BCUT2D eigenvalue weighted by atomic mass is 32.1. The molecule has 2 aromatic rings. The summed E-state index contributed by atoms with van der Waals surface area (Å²) < 4.78 is 0. The highest BCUT2D eigenvalue weighted by molar-refractivity contribution is 7.13. The predicted molar refractivity (Wildman–Crippen MR) is 69.6 cm³/mol. The SMILES string of the molecule is CN(C(=O)c1ccc(O)c([N+](=O)[O-])c1)c1nccs1. The lowest BCUT2D eigenvalue weighted by Gasteiger charge is -2.13. The van der Waals surface area contributed by atoms with E-state index >= 15 is 0 Å². The van der Waals surface area contributed by atoms with Crippen molar-refractivity contribution in [2.75, 3.05) is 11.9 Å². The van der Waals surface area contributed by atoms with Crippen LogP contribution in [0.3, 0.4) is 0 Å². The number of thiazole rings is 1. The predicted octanol–water partition coefficient (Wildman–Crippen LogP) is 2.03. The van der Waals surface area contributed by atoms with E-state index in [0.717, 1.165) is 12.1 Å². The van der Waals surface area contributed by atoms with Gasteiger partial charge in [-0.05, 0) is 12.1 Å². The number of aromatic nitrogens is 1. The Kier molecular flexibility index (Phi) is 3.43. The smallest absolute Gasteiger partial charge is 0.311 e. The van der Waals surface area contributed by atoms with Gasteiger partial charge >= 0.3 is 5.69 Å². The summed E-state index contributed by atoms with van der Waals surface area (Å²) in [5.74, 6) is -0.906. The zero-order valence-electron chi connectivity index (χ0n) is 9.81. The number of phenolic OH excluding ortho intramolecular Hbond substituents is 1. The first-order valence-electron chi connectivity index (χ1n) is 5.15. The van der Waals surface area contributed by atoms with E-state index in [0.29, 0.717) is 5.13 Å². The fourth-order valence-corrected chi connectivity index (χ4v) is 2.07. The second-order valence-corrected chi connectivity index (χ2v) is 4.51. The van der Waals surface area contributed by atoms with Crippen LogP contribution in [-0.4, -0.2) is 28.0 Å². The highest BCUT2D eigenvalue weighted by Crippen LogP contribution is 2.27. The summed E-state index contributed by atoms with van der Waals surface area (Å²) in [5, 5.41) is 22.2. The maximum atomic E-state index is 12.1. The van der Waals surface area contributed by atoms with Gasteiger partial charge in [-0.15, -0.1) is 11.3 Å². The van der Waals surface area contributed by atoms with Crippen LogP contribution in [0.25, 0.3) is 0 Å². The molecule has 98 valence electrons. The summed E-state index contributed by atoms with van der Waals surface area (Å²) in [7, 11) is 1.53. The Morgan fingerprint density at radius 1 is 1.53 bits per heavy atom. The van der Waals surface area contributed by atoms with Crippen molar-refractivity contribution in [2.24, 2.45) is 0 Å². The van der Waals surface area contributed by atoms with E-state index in [-0.39, 0.29) is 5.56 Å². The van der Waals surface area contributed by atoms with Crippen molar-refractivity contribution in [1.29, 1.82) is 0 Å². The summed E-state index contributed by atoms with van der Waals surface area (Å²) in [6.07, 6.45) is 1.56. The molecule has 0 aliphatic rings. The number of hydrogen-bond donors (Lipinski definition) is 1. The molecule has 1 N–H and O–H groups in total. The van der Waals surface area contributed by atoms with Gasteiger partial charge < -0.3 is 5.11 Å². The average molecular weight is 279 g/mol. The standard InChI is InChI=1S/C11H9N3O4S/c1-13(11-12-4-5-19-11)10(16)7-2-3-9(15)8(6-7)14(17)18/h2-6,15H,1H3. The van der Waals surface area contributed by atoms with Crippen LogP contribution in [0.2, 0.25) is 0 Å². The van der Waals surface area contributed by atoms with E-state index in [1.54, 1.807) is 11.6 Å². The molecule has 0 bridgehead atoms. The van der Waals surface area contributed by atoms with Gasteiger partial charge in [-0.1, -0.05) is 0 Å². The second-order valence-electron chi connectivity index (χ2n) is 3.64. The molecule has 0 aliphatic heterocycles. The molecule has 0 unspecified atom stereocenters. The maximum Gasteiger partial charge on any atom is 0.311 e. The van der Waals surface area contributed by atoms with E-state index in [1.165, 1.54) is 29.4 Å². The Bertz CT molecular complexity index is 627. The zero-order valence-corrected chi connectivity index (χ0v) is 10.6. The molecule has 0 radical (unpaired) electrons. The Labute approximate surface area is 111 Å². The maximum absolute atomic E-state index is 12.1. The third-order valence-electron chi connectivity index (χ3n) is 2.43. The van der Waals surface area contributed by atoms with Crippen LogP contribution in [0.15, 0.2) is 29.8 Å². The summed E-state index contributed by atoms with van der Waals surface area (Å²) in [5.41, 5.74) is -0.388. The summed E-state index contributed by atoms with van der Waals surface area (Å²) in [4.78, 5) is 27.4. The van der Waals surface area contributed by atoms with Gasteiger partial charge in [0.2, 0.25) is 0 Å². The minimum absolute atomic E-state index is 0.113. The number of benzene rings is 1. The van der Waals surface area contributed by atoms with Crippen molar-refractivity contribution in [3.63, 3.8) is 0 Å². The molecule has 0 saturated heterocycles. The van der Waals surface area contributed by atoms with E-state index in [2.05, 4.69) is 4.98 Å². The number of phenols is 1. The highest BCUT2D eigenvalue weighted by Gasteiger charge is 2.20. The van der Waals surface area contributed by atoms with Gasteiger partial charge in [-0.3, -0.25) is 19.8 Å². The number of nitro benzene ring substituents is 1. The molecule has 0 atom stereocenters. The van der Waals surface area contributed by atoms with Crippen molar-refractivity contribution < 1.29 is 14.8 Å². The largest absolute Gasteiger partial charge is 0.502 e. The summed E-state index contributed by atoms with van der Waals surface area (Å²) >= 11 is 1.28. The van der Waals surface area contributed by atoms with Crippen molar-refractivity contribution in [2.45, 2.75) is 0 Å². The Morgan fingerprint density at radius 3 is 2.84 bits per heavy atom. The Balaban J connectivity index is 2.34. The molecule has 8 heteroatoms. The molecule has 0 spiro atoms. The van der Waals surface area contributed by atoms with E-state index < -0.39 is 22.3 Å². The number of rotatable bonds is 3. The summed E-state index contributed by atoms with van der Waals surface area (Å²) in [6, 6.07) is 3.50. The molecule has 7 nitrogen and oxygen atoms in total. The first kappa shape index (κ1) is 13.0. The van der Waals surface area contributed by atoms with Gasteiger partial charge in [0.1, 0.15) is 0 Å². The van der Waals surface area contributed by atoms with Crippen LogP contribution in [0, 0.1) is 10.1 Å². The minimum Gasteiger partial charge on any atom is -0.502 e. The molecule has 1 heterocycles. The van der Waals surface area contributed by atoms with E-state index in [1.807, 2.05) is 0 Å². The number of aromatic hydroxyl groups is 1. The van der Waals surface area contributed by atoms with Crippen molar-refractivity contribution in [3.8, 4) is 5.75 Å². The van der Waals surface area contributed by atoms with Gasteiger partial charge in [0.05, 0.1) is 4.92 Å². The number of carbonyl (C=O) groups is 1. The fraction of sp³-hybridized carbons (Fsp3) is 0.0909. The number of anilines is 1. The van der Waals surface area contributed by atoms with Crippen LogP contribution < -0.4 is 4.90 Å². The van der Waals surface area contributed by atoms with Crippen LogP contribution in [-0.2, 0) is 0 Å². The van der Waals surface area contributed by atoms with Crippen molar-refractivity contribution in [1.82, 2.24) is 4.98 Å². The quantitative estimate of drug-likeness (QED) is 0.685. The van der Waals surface area contributed by atoms with Gasteiger partial charge in [0.15, 0.2) is 10.9 Å². The Hall–Kier alpha value is -2.48. The summed E-state index contributed by atoms with van der Waals surface area (Å²) in [6.45, 7) is 0. The lowest BCUT2D eigenvalue weighted by Crippen LogP contribution is -2.26. The third-order valence-corrected chi connectivity index (χ3v) is 3.28. The van der Waals surface area contributed by atoms with Gasteiger partial charge in [-0.2, -0.15) is 0 Å². The normalized spacial score (nSPS) is 10.2. The molecular weight excluding hydrogens is 270 g/mol. The first-order chi connectivity index (χ1) is 9.00. The number of nitrogens with zero attached hydrogens (tertiary/aromatic N) is 3. The number of amides is 1. The van der Waals surface area contributed by atoms with Gasteiger partial charge in [-0.25, -0.2) is 4.98 Å². The van der Waals surface area contributed by atoms with Crippen molar-refractivity contribution in [3.05, 3.63) is 45.5 Å². The molecule has 2 rings (SSSR count). The van der Waals surface area contributed by atoms with E-state index in [9.17, 15) is 20.0 Å². The molecule has 0 saturated carbocycles. The number of nitro groups is 1. The molecular formula is C11H9N3O4S. The molecule has 0 aliphatic carbocycles. The Morgan fingerprint density at radius 2 is 2.26 bits per heavy atom. The lowest BCUT2D eigenvalue weighted by atomic mass is 10.1. The zero-order chi connectivity index (χ0) is 14.0. The van der Waals surface area contributed by atoms with Crippen LogP contribution in [0.1, 0.15) is 10.4 Å². The minimum atomic E-state index is -0.741. The van der Waals surface area contributed by atoms with Crippen LogP contribution >= 0.6 is 11.3 Å². The number of carbonyl (C=O) groups excluding carboxylic acids is 1. The van der Waals surface area contributed by atoms with Crippen LogP contribution in [0.4, 0.5) is 10.8 Å². The fourth-order valence-electron chi connectivity index (χ4n) is 1.46. The third kappa shape index (κ3) is 2.52. The monoisotopic (exact) mass is 279 g/mol. The topological polar surface area (TPSA) is 96.6 Å². The second kappa shape index (κ2) is 5.02. The molecule has 0 fully saturated rings. The molecule has 1 amide bonds. The van der Waals surface area contributed by atoms with Gasteiger partial charge in [0.25, 0.3) is 5.91 Å². The van der Waals surface area contributed by atoms with Crippen LogP contribution in [0.5, 0.6) is 5.75 Å². The lowest BCUT2D eigenvalue weighted by molar-refractivity contribution is -0.385. The van der Waals surface area contributed by atoms with Gasteiger partial charge in [0, 0.05) is 30.3 Å². The first-order valence-corrected chi connectivity index (χ1v) is 6.03. The molecule has 19 heavy (non-hydrogen) atoms. The number of hydrogen-bond acceptors (Lipinski definition) is 6. The average Bonchev–Trinajstić information content (AvgIpc) is 2.91. The molecule has 1 aromatic heterocycles. The van der Waals surface area contributed by atoms with Crippen molar-refractivity contribution >= 4 is 28.1 Å². The molecule has 1 aromatic carbocycles. The van der Waals surface area contributed by atoms with E-state index in [4.69, 9.17) is 0 Å².